The Morgan fingerprint density at radius 1 is 1.10 bits per heavy atom. The van der Waals surface area contributed by atoms with Crippen molar-refractivity contribution in [2.75, 3.05) is 11.5 Å². The highest BCUT2D eigenvalue weighted by molar-refractivity contribution is 6.23. The van der Waals surface area contributed by atoms with Crippen molar-refractivity contribution in [3.8, 4) is 0 Å². The lowest BCUT2D eigenvalue weighted by molar-refractivity contribution is -0.145. The molecule has 1 aromatic carbocycles. The normalized spacial score (nSPS) is 20.6. The summed E-state index contributed by atoms with van der Waals surface area (Å²) in [6, 6.07) is 5.33. The number of benzene rings is 1. The number of nitrogens with zero attached hydrogens (tertiary/aromatic N) is 2. The Morgan fingerprint density at radius 3 is 2.32 bits per heavy atom. The molecule has 3 rings (SSSR count). The summed E-state index contributed by atoms with van der Waals surface area (Å²) in [5.74, 6) is -1.22. The Labute approximate surface area is 183 Å². The number of hydrogen-bond donors (Lipinski definition) is 0. The third-order valence-electron chi connectivity index (χ3n) is 6.37. The number of carbonyl (C=O) groups is 4. The van der Waals surface area contributed by atoms with Gasteiger partial charge in [0.25, 0.3) is 5.91 Å². The summed E-state index contributed by atoms with van der Waals surface area (Å²) in [6.45, 7) is 5.92. The fourth-order valence-corrected chi connectivity index (χ4v) is 4.50. The maximum atomic E-state index is 13.4. The Balaban J connectivity index is 1.82. The second kappa shape index (κ2) is 10.1. The molecule has 0 spiro atoms. The highest BCUT2D eigenvalue weighted by Gasteiger charge is 2.46. The number of esters is 1. The molecule has 7 nitrogen and oxygen atoms in total. The minimum absolute atomic E-state index is 0.000269. The molecular formula is C24H32N2O5. The van der Waals surface area contributed by atoms with Crippen molar-refractivity contribution in [1.29, 1.82) is 0 Å². The van der Waals surface area contributed by atoms with Crippen LogP contribution in [0.4, 0.5) is 5.69 Å². The topological polar surface area (TPSA) is 84.0 Å². The lowest BCUT2D eigenvalue weighted by Gasteiger charge is -2.36. The van der Waals surface area contributed by atoms with Gasteiger partial charge in [-0.1, -0.05) is 26.2 Å². The highest BCUT2D eigenvalue weighted by atomic mass is 16.5. The van der Waals surface area contributed by atoms with Gasteiger partial charge in [0.05, 0.1) is 24.3 Å². The smallest absolute Gasteiger partial charge is 0.338 e. The van der Waals surface area contributed by atoms with Crippen LogP contribution in [0.15, 0.2) is 24.3 Å². The first-order valence-corrected chi connectivity index (χ1v) is 11.3. The minimum Gasteiger partial charge on any atom is -0.462 e. The molecule has 1 aromatic rings. The molecule has 0 bridgehead atoms. The monoisotopic (exact) mass is 428 g/mol. The first-order valence-electron chi connectivity index (χ1n) is 11.3. The van der Waals surface area contributed by atoms with Crippen LogP contribution in [0.25, 0.3) is 0 Å². The third-order valence-corrected chi connectivity index (χ3v) is 6.37. The molecule has 1 aliphatic carbocycles. The van der Waals surface area contributed by atoms with Crippen molar-refractivity contribution in [3.05, 3.63) is 29.8 Å². The van der Waals surface area contributed by atoms with Gasteiger partial charge in [0, 0.05) is 12.0 Å². The van der Waals surface area contributed by atoms with Crippen molar-refractivity contribution in [2.24, 2.45) is 5.92 Å². The predicted octanol–water partition coefficient (Wildman–Crippen LogP) is 3.70. The van der Waals surface area contributed by atoms with Gasteiger partial charge in [-0.15, -0.1) is 0 Å². The minimum atomic E-state index is -0.776. The average molecular weight is 429 g/mol. The van der Waals surface area contributed by atoms with Crippen LogP contribution in [-0.2, 0) is 19.1 Å². The number of amides is 3. The van der Waals surface area contributed by atoms with Gasteiger partial charge in [0.15, 0.2) is 0 Å². The zero-order valence-electron chi connectivity index (χ0n) is 18.6. The second-order valence-corrected chi connectivity index (χ2v) is 8.39. The molecule has 0 radical (unpaired) electrons. The SMILES string of the molecule is CCOC(=O)c1ccc(N2C(=O)CC(N(C(=O)C3CCCCC3)C(C)CC)C2=O)cc1. The molecule has 0 aromatic heterocycles. The lowest BCUT2D eigenvalue weighted by Crippen LogP contribution is -2.52. The second-order valence-electron chi connectivity index (χ2n) is 8.39. The molecule has 2 fully saturated rings. The molecule has 3 amide bonds. The Morgan fingerprint density at radius 2 is 1.74 bits per heavy atom. The summed E-state index contributed by atoms with van der Waals surface area (Å²) >= 11 is 0. The van der Waals surface area contributed by atoms with Gasteiger partial charge in [-0.3, -0.25) is 14.4 Å². The van der Waals surface area contributed by atoms with Crippen molar-refractivity contribution < 1.29 is 23.9 Å². The van der Waals surface area contributed by atoms with E-state index in [4.69, 9.17) is 4.74 Å². The quantitative estimate of drug-likeness (QED) is 0.488. The van der Waals surface area contributed by atoms with Gasteiger partial charge in [-0.2, -0.15) is 0 Å². The fraction of sp³-hybridized carbons (Fsp3) is 0.583. The van der Waals surface area contributed by atoms with E-state index in [1.807, 2.05) is 13.8 Å². The van der Waals surface area contributed by atoms with E-state index in [9.17, 15) is 19.2 Å². The number of anilines is 1. The van der Waals surface area contributed by atoms with Crippen LogP contribution in [0.5, 0.6) is 0 Å². The molecule has 2 aliphatic rings. The molecule has 31 heavy (non-hydrogen) atoms. The Kier molecular flexibility index (Phi) is 7.46. The molecular weight excluding hydrogens is 396 g/mol. The lowest BCUT2D eigenvalue weighted by atomic mass is 9.87. The van der Waals surface area contributed by atoms with Crippen molar-refractivity contribution in [1.82, 2.24) is 4.90 Å². The van der Waals surface area contributed by atoms with Gasteiger partial charge in [-0.05, 0) is 57.4 Å². The predicted molar refractivity (Wildman–Crippen MR) is 116 cm³/mol. The van der Waals surface area contributed by atoms with Crippen molar-refractivity contribution in [3.63, 3.8) is 0 Å². The van der Waals surface area contributed by atoms with Crippen LogP contribution in [-0.4, -0.2) is 47.3 Å². The van der Waals surface area contributed by atoms with E-state index in [1.54, 1.807) is 36.1 Å². The zero-order valence-corrected chi connectivity index (χ0v) is 18.6. The van der Waals surface area contributed by atoms with Crippen LogP contribution in [0.1, 0.15) is 76.1 Å². The largest absolute Gasteiger partial charge is 0.462 e. The number of hydrogen-bond acceptors (Lipinski definition) is 5. The first kappa shape index (κ1) is 23.0. The highest BCUT2D eigenvalue weighted by Crippen LogP contribution is 2.32. The molecule has 2 atom stereocenters. The van der Waals surface area contributed by atoms with E-state index in [1.165, 1.54) is 0 Å². The standard InChI is InChI=1S/C24H32N2O5/c1-4-16(3)25(22(28)17-9-7-6-8-10-17)20-15-21(27)26(23(20)29)19-13-11-18(12-14-19)24(30)31-5-2/h11-14,16-17,20H,4-10,15H2,1-3H3. The van der Waals surface area contributed by atoms with E-state index < -0.39 is 12.0 Å². The van der Waals surface area contributed by atoms with Crippen molar-refractivity contribution >= 4 is 29.4 Å². The summed E-state index contributed by atoms with van der Waals surface area (Å²) in [5, 5.41) is 0. The van der Waals surface area contributed by atoms with Gasteiger partial charge in [-0.25, -0.2) is 9.69 Å². The fourth-order valence-electron chi connectivity index (χ4n) is 4.50. The average Bonchev–Trinajstić information content (AvgIpc) is 3.08. The third kappa shape index (κ3) is 4.81. The van der Waals surface area contributed by atoms with Crippen molar-refractivity contribution in [2.45, 2.75) is 77.8 Å². The van der Waals surface area contributed by atoms with E-state index in [-0.39, 0.29) is 42.7 Å². The Bertz CT molecular complexity index is 829. The maximum absolute atomic E-state index is 13.4. The van der Waals surface area contributed by atoms with E-state index in [2.05, 4.69) is 0 Å². The van der Waals surface area contributed by atoms with Crippen LogP contribution >= 0.6 is 0 Å². The molecule has 0 N–H and O–H groups in total. The van der Waals surface area contributed by atoms with Crippen LogP contribution in [0, 0.1) is 5.92 Å². The van der Waals surface area contributed by atoms with Crippen LogP contribution < -0.4 is 4.90 Å². The first-order chi connectivity index (χ1) is 14.9. The van der Waals surface area contributed by atoms with Gasteiger partial charge in [0.2, 0.25) is 11.8 Å². The van der Waals surface area contributed by atoms with Crippen LogP contribution in [0.2, 0.25) is 0 Å². The summed E-state index contributed by atoms with van der Waals surface area (Å²) in [7, 11) is 0. The molecule has 2 unspecified atom stereocenters. The number of carbonyl (C=O) groups excluding carboxylic acids is 4. The van der Waals surface area contributed by atoms with Gasteiger partial charge >= 0.3 is 5.97 Å². The molecule has 1 saturated heterocycles. The molecule has 1 heterocycles. The number of imide groups is 1. The number of ether oxygens (including phenoxy) is 1. The maximum Gasteiger partial charge on any atom is 0.338 e. The van der Waals surface area contributed by atoms with Gasteiger partial charge in [0.1, 0.15) is 6.04 Å². The molecule has 7 heteroatoms. The number of rotatable bonds is 7. The zero-order chi connectivity index (χ0) is 22.5. The van der Waals surface area contributed by atoms with E-state index in [0.29, 0.717) is 17.7 Å². The summed E-state index contributed by atoms with van der Waals surface area (Å²) in [4.78, 5) is 54.1. The van der Waals surface area contributed by atoms with Crippen LogP contribution in [0.3, 0.4) is 0 Å². The molecule has 1 aliphatic heterocycles. The van der Waals surface area contributed by atoms with E-state index in [0.717, 1.165) is 37.0 Å². The molecule has 168 valence electrons. The summed E-state index contributed by atoms with van der Waals surface area (Å²) in [6.07, 6.45) is 5.59. The van der Waals surface area contributed by atoms with E-state index >= 15 is 0 Å². The summed E-state index contributed by atoms with van der Waals surface area (Å²) in [5.41, 5.74) is 0.759. The summed E-state index contributed by atoms with van der Waals surface area (Å²) < 4.78 is 4.98. The van der Waals surface area contributed by atoms with Gasteiger partial charge < -0.3 is 9.64 Å². The molecule has 1 saturated carbocycles. The Hall–Kier alpha value is -2.70.